The summed E-state index contributed by atoms with van der Waals surface area (Å²) < 4.78 is 0. The second kappa shape index (κ2) is 29.3. The highest BCUT2D eigenvalue weighted by atomic mass is 16.2. The minimum Gasteiger partial charge on any atom is -0.356 e. The van der Waals surface area contributed by atoms with E-state index in [9.17, 15) is 19.2 Å². The van der Waals surface area contributed by atoms with E-state index in [-0.39, 0.29) is 42.9 Å². The van der Waals surface area contributed by atoms with Gasteiger partial charge in [0.2, 0.25) is 17.7 Å². The summed E-state index contributed by atoms with van der Waals surface area (Å²) in [6.45, 7) is 6.00. The van der Waals surface area contributed by atoms with Gasteiger partial charge in [0.15, 0.2) is 0 Å². The highest BCUT2D eigenvalue weighted by Crippen LogP contribution is 2.28. The van der Waals surface area contributed by atoms with E-state index >= 15 is 0 Å². The fourth-order valence-electron chi connectivity index (χ4n) is 7.48. The standard InChI is InChI=1S/C48H74N4O4/c1-3-5-7-9-11-13-15-17-19-25-35-49-44(53)34-33-43(47(55)50-36-26-20-18-16-14-12-10-8-6-4-2)52-45(54)32-27-37-51-48(56)46-41-30-23-21-28-39(41)38-40-29-22-24-31-42(40)46/h21-24,28-31,38,43H,3-20,25-27,32-37H2,1-2H3,(H,49,53)(H,50,55)(H,51,56)(H,52,54). The van der Waals surface area contributed by atoms with Gasteiger partial charge in [0.05, 0.1) is 5.56 Å². The van der Waals surface area contributed by atoms with Crippen molar-refractivity contribution in [3.8, 4) is 0 Å². The van der Waals surface area contributed by atoms with Gasteiger partial charge in [-0.3, -0.25) is 19.2 Å². The van der Waals surface area contributed by atoms with Crippen molar-refractivity contribution in [1.82, 2.24) is 21.3 Å². The van der Waals surface area contributed by atoms with Crippen LogP contribution in [-0.4, -0.2) is 49.3 Å². The van der Waals surface area contributed by atoms with Gasteiger partial charge >= 0.3 is 0 Å². The maximum atomic E-state index is 13.5. The monoisotopic (exact) mass is 771 g/mol. The number of hydrogen-bond donors (Lipinski definition) is 4. The molecule has 0 aliphatic heterocycles. The highest BCUT2D eigenvalue weighted by molar-refractivity contribution is 6.18. The average molecular weight is 771 g/mol. The lowest BCUT2D eigenvalue weighted by atomic mass is 9.96. The molecule has 0 saturated heterocycles. The number of amides is 4. The number of benzene rings is 3. The Morgan fingerprint density at radius 1 is 0.482 bits per heavy atom. The molecule has 0 aliphatic rings. The minimum absolute atomic E-state index is 0.0914. The predicted molar refractivity (Wildman–Crippen MR) is 234 cm³/mol. The first-order valence-electron chi connectivity index (χ1n) is 22.5. The molecule has 0 fully saturated rings. The molecule has 8 nitrogen and oxygen atoms in total. The zero-order valence-corrected chi connectivity index (χ0v) is 35.0. The van der Waals surface area contributed by atoms with Crippen molar-refractivity contribution in [3.05, 3.63) is 60.2 Å². The normalized spacial score (nSPS) is 11.8. The molecule has 310 valence electrons. The lowest BCUT2D eigenvalue weighted by molar-refractivity contribution is -0.129. The van der Waals surface area contributed by atoms with E-state index in [1.54, 1.807) is 0 Å². The van der Waals surface area contributed by atoms with Crippen molar-refractivity contribution in [3.63, 3.8) is 0 Å². The van der Waals surface area contributed by atoms with Crippen LogP contribution in [0.5, 0.6) is 0 Å². The van der Waals surface area contributed by atoms with Crippen molar-refractivity contribution < 1.29 is 19.2 Å². The molecule has 0 aliphatic carbocycles. The lowest BCUT2D eigenvalue weighted by Crippen LogP contribution is -2.47. The van der Waals surface area contributed by atoms with E-state index in [0.717, 1.165) is 53.6 Å². The number of rotatable bonds is 32. The molecule has 3 aromatic rings. The Morgan fingerprint density at radius 2 is 0.929 bits per heavy atom. The molecule has 1 atom stereocenters. The summed E-state index contributed by atoms with van der Waals surface area (Å²) in [6.07, 6.45) is 25.6. The van der Waals surface area contributed by atoms with Gasteiger partial charge in [0, 0.05) is 32.5 Å². The first-order valence-corrected chi connectivity index (χ1v) is 22.5. The van der Waals surface area contributed by atoms with Gasteiger partial charge in [-0.25, -0.2) is 0 Å². The third kappa shape index (κ3) is 18.8. The molecule has 3 aromatic carbocycles. The Labute approximate surface area is 338 Å². The summed E-state index contributed by atoms with van der Waals surface area (Å²) >= 11 is 0. The summed E-state index contributed by atoms with van der Waals surface area (Å²) in [5.41, 5.74) is 0.633. The van der Waals surface area contributed by atoms with Crippen LogP contribution in [-0.2, 0) is 14.4 Å². The molecule has 1 unspecified atom stereocenters. The molecule has 0 saturated carbocycles. The van der Waals surface area contributed by atoms with Crippen LogP contribution >= 0.6 is 0 Å². The second-order valence-electron chi connectivity index (χ2n) is 15.7. The van der Waals surface area contributed by atoms with Crippen molar-refractivity contribution >= 4 is 45.2 Å². The third-order valence-corrected chi connectivity index (χ3v) is 10.9. The zero-order chi connectivity index (χ0) is 40.1. The molecule has 8 heteroatoms. The van der Waals surface area contributed by atoms with Crippen molar-refractivity contribution in [2.45, 2.75) is 174 Å². The molecule has 56 heavy (non-hydrogen) atoms. The Hall–Kier alpha value is -3.94. The fourth-order valence-corrected chi connectivity index (χ4v) is 7.48. The van der Waals surface area contributed by atoms with Gasteiger partial charge in [-0.2, -0.15) is 0 Å². The van der Waals surface area contributed by atoms with E-state index < -0.39 is 6.04 Å². The summed E-state index contributed by atoms with van der Waals surface area (Å²) in [7, 11) is 0. The summed E-state index contributed by atoms with van der Waals surface area (Å²) in [5.74, 6) is -0.773. The highest BCUT2D eigenvalue weighted by Gasteiger charge is 2.22. The molecule has 3 rings (SSSR count). The van der Waals surface area contributed by atoms with E-state index in [4.69, 9.17) is 0 Å². The van der Waals surface area contributed by atoms with Crippen LogP contribution in [0.25, 0.3) is 21.5 Å². The summed E-state index contributed by atoms with van der Waals surface area (Å²) in [4.78, 5) is 52.6. The van der Waals surface area contributed by atoms with Crippen LogP contribution in [0.3, 0.4) is 0 Å². The Bertz CT molecular complexity index is 1520. The number of hydrogen-bond acceptors (Lipinski definition) is 4. The van der Waals surface area contributed by atoms with Crippen LogP contribution < -0.4 is 21.3 Å². The summed E-state index contributed by atoms with van der Waals surface area (Å²) in [5, 5.41) is 15.7. The molecule has 0 bridgehead atoms. The first kappa shape index (κ1) is 46.4. The van der Waals surface area contributed by atoms with E-state index in [0.29, 0.717) is 31.6 Å². The molecular weight excluding hydrogens is 697 g/mol. The average Bonchev–Trinajstić information content (AvgIpc) is 3.21. The number of nitrogens with one attached hydrogen (secondary N) is 4. The Balaban J connectivity index is 1.42. The smallest absolute Gasteiger partial charge is 0.252 e. The lowest BCUT2D eigenvalue weighted by Gasteiger charge is -2.19. The molecule has 0 spiro atoms. The molecule has 0 radical (unpaired) electrons. The van der Waals surface area contributed by atoms with Gasteiger partial charge in [0.25, 0.3) is 5.91 Å². The third-order valence-electron chi connectivity index (χ3n) is 10.9. The molecule has 4 amide bonds. The minimum atomic E-state index is -0.787. The van der Waals surface area contributed by atoms with Gasteiger partial charge < -0.3 is 21.3 Å². The van der Waals surface area contributed by atoms with Gasteiger partial charge in [-0.1, -0.05) is 178 Å². The maximum Gasteiger partial charge on any atom is 0.252 e. The largest absolute Gasteiger partial charge is 0.356 e. The first-order chi connectivity index (χ1) is 27.4. The van der Waals surface area contributed by atoms with Crippen molar-refractivity contribution in [2.24, 2.45) is 0 Å². The van der Waals surface area contributed by atoms with Gasteiger partial charge in [0.1, 0.15) is 6.04 Å². The SMILES string of the molecule is CCCCCCCCCCCCNC(=O)CCC(NC(=O)CCCNC(=O)c1c2ccccc2cc2ccccc12)C(=O)NCCCCCCCCCCCC. The quantitative estimate of drug-likeness (QED) is 0.0373. The van der Waals surface area contributed by atoms with Gasteiger partial charge in [-0.05, 0) is 53.3 Å². The predicted octanol–water partition coefficient (Wildman–Crippen LogP) is 10.8. The van der Waals surface area contributed by atoms with Crippen LogP contribution in [0.4, 0.5) is 0 Å². The zero-order valence-electron chi connectivity index (χ0n) is 35.0. The van der Waals surface area contributed by atoms with Crippen molar-refractivity contribution in [2.75, 3.05) is 19.6 Å². The van der Waals surface area contributed by atoms with Crippen molar-refractivity contribution in [1.29, 1.82) is 0 Å². The number of fused-ring (bicyclic) bond motifs is 2. The second-order valence-corrected chi connectivity index (χ2v) is 15.7. The van der Waals surface area contributed by atoms with Crippen LogP contribution in [0.1, 0.15) is 178 Å². The molecule has 0 heterocycles. The number of unbranched alkanes of at least 4 members (excludes halogenated alkanes) is 18. The van der Waals surface area contributed by atoms with Crippen LogP contribution in [0.15, 0.2) is 54.6 Å². The summed E-state index contributed by atoms with van der Waals surface area (Å²) in [6, 6.07) is 17.1. The molecular formula is C48H74N4O4. The Kier molecular flexibility index (Phi) is 24.3. The fraction of sp³-hybridized carbons (Fsp3) is 0.625. The maximum absolute atomic E-state index is 13.5. The van der Waals surface area contributed by atoms with E-state index in [1.165, 1.54) is 96.3 Å². The van der Waals surface area contributed by atoms with E-state index in [1.807, 2.05) is 48.5 Å². The van der Waals surface area contributed by atoms with E-state index in [2.05, 4.69) is 41.2 Å². The number of carbonyl (C=O) groups is 4. The van der Waals surface area contributed by atoms with Gasteiger partial charge in [-0.15, -0.1) is 0 Å². The topological polar surface area (TPSA) is 116 Å². The van der Waals surface area contributed by atoms with Crippen LogP contribution in [0, 0.1) is 0 Å². The number of carbonyl (C=O) groups excluding carboxylic acids is 4. The molecule has 4 N–H and O–H groups in total. The Morgan fingerprint density at radius 3 is 1.45 bits per heavy atom. The molecule has 0 aromatic heterocycles. The van der Waals surface area contributed by atoms with Crippen LogP contribution in [0.2, 0.25) is 0 Å².